The van der Waals surface area contributed by atoms with Crippen molar-refractivity contribution >= 4 is 38.5 Å². The fraction of sp³-hybridized carbons (Fsp3) is 0.250. The lowest BCUT2D eigenvalue weighted by atomic mass is 10.2. The topological polar surface area (TPSA) is 9.23 Å². The first-order chi connectivity index (χ1) is 5.27. The second-order valence-electron chi connectivity index (χ2n) is 2.09. The van der Waals surface area contributed by atoms with Crippen molar-refractivity contribution in [2.45, 2.75) is 4.43 Å². The molecule has 0 aliphatic rings. The molecule has 60 valence electrons. The molecule has 0 amide bonds. The molecule has 0 atom stereocenters. The Hall–Kier alpha value is 0.230. The van der Waals surface area contributed by atoms with Crippen molar-refractivity contribution in [3.63, 3.8) is 0 Å². The van der Waals surface area contributed by atoms with Crippen LogP contribution in [0.5, 0.6) is 5.75 Å². The van der Waals surface area contributed by atoms with Crippen LogP contribution in [0.4, 0.5) is 0 Å². The van der Waals surface area contributed by atoms with Crippen LogP contribution in [0, 0.1) is 0 Å². The van der Waals surface area contributed by atoms with Crippen molar-refractivity contribution in [2.24, 2.45) is 0 Å². The lowest BCUT2D eigenvalue weighted by Crippen LogP contribution is -1.85. The van der Waals surface area contributed by atoms with Crippen LogP contribution in [0.2, 0.25) is 0 Å². The van der Waals surface area contributed by atoms with E-state index in [9.17, 15) is 0 Å². The first-order valence-electron chi connectivity index (χ1n) is 3.16. The van der Waals surface area contributed by atoms with E-state index in [0.717, 1.165) is 14.6 Å². The molecule has 0 saturated heterocycles. The minimum absolute atomic E-state index is 0.917. The van der Waals surface area contributed by atoms with Gasteiger partial charge in [-0.3, -0.25) is 0 Å². The number of halogens is 2. The van der Waals surface area contributed by atoms with E-state index in [1.807, 2.05) is 18.2 Å². The van der Waals surface area contributed by atoms with Gasteiger partial charge in [0.05, 0.1) is 7.11 Å². The average molecular weight is 327 g/mol. The van der Waals surface area contributed by atoms with E-state index in [-0.39, 0.29) is 0 Å². The molecule has 0 aromatic heterocycles. The molecule has 0 aliphatic carbocycles. The van der Waals surface area contributed by atoms with Crippen LogP contribution in [0.3, 0.4) is 0 Å². The SMILES string of the molecule is COc1ccc(Br)c(CI)c1. The summed E-state index contributed by atoms with van der Waals surface area (Å²) < 4.78 is 7.23. The Labute approximate surface area is 88.4 Å². The van der Waals surface area contributed by atoms with Crippen LogP contribution in [0.15, 0.2) is 22.7 Å². The molecule has 3 heteroatoms. The number of hydrogen-bond acceptors (Lipinski definition) is 1. The molecule has 0 saturated carbocycles. The third-order valence-electron chi connectivity index (χ3n) is 1.40. The fourth-order valence-electron chi connectivity index (χ4n) is 0.780. The van der Waals surface area contributed by atoms with Gasteiger partial charge in [0.1, 0.15) is 5.75 Å². The maximum Gasteiger partial charge on any atom is 0.119 e. The predicted octanol–water partition coefficient (Wildman–Crippen LogP) is 3.39. The third-order valence-corrected chi connectivity index (χ3v) is 2.99. The average Bonchev–Trinajstić information content (AvgIpc) is 2.05. The number of alkyl halides is 1. The van der Waals surface area contributed by atoms with Gasteiger partial charge in [-0.25, -0.2) is 0 Å². The van der Waals surface area contributed by atoms with Gasteiger partial charge in [0.15, 0.2) is 0 Å². The Balaban J connectivity index is 3.02. The van der Waals surface area contributed by atoms with Crippen LogP contribution in [-0.2, 0) is 4.43 Å². The summed E-state index contributed by atoms with van der Waals surface area (Å²) in [6.07, 6.45) is 0. The fourth-order valence-corrected chi connectivity index (χ4v) is 2.32. The van der Waals surface area contributed by atoms with E-state index in [1.54, 1.807) is 7.11 Å². The molecule has 0 fully saturated rings. The Kier molecular flexibility index (Phi) is 3.65. The smallest absolute Gasteiger partial charge is 0.119 e. The molecule has 1 rings (SSSR count). The van der Waals surface area contributed by atoms with Gasteiger partial charge in [-0.05, 0) is 23.8 Å². The standard InChI is InChI=1S/C8H8BrIO/c1-11-7-2-3-8(9)6(4-7)5-10/h2-4H,5H2,1H3. The number of hydrogen-bond donors (Lipinski definition) is 0. The summed E-state index contributed by atoms with van der Waals surface area (Å²) >= 11 is 5.79. The highest BCUT2D eigenvalue weighted by Crippen LogP contribution is 2.24. The van der Waals surface area contributed by atoms with E-state index in [0.29, 0.717) is 0 Å². The van der Waals surface area contributed by atoms with Crippen LogP contribution in [0.25, 0.3) is 0 Å². The second-order valence-corrected chi connectivity index (χ2v) is 3.71. The summed E-state index contributed by atoms with van der Waals surface area (Å²) in [5, 5.41) is 0. The number of benzene rings is 1. The molecular formula is C8H8BrIO. The molecule has 0 N–H and O–H groups in total. The van der Waals surface area contributed by atoms with Gasteiger partial charge >= 0.3 is 0 Å². The Morgan fingerprint density at radius 1 is 1.55 bits per heavy atom. The molecule has 11 heavy (non-hydrogen) atoms. The molecule has 0 heterocycles. The maximum atomic E-state index is 5.09. The van der Waals surface area contributed by atoms with E-state index < -0.39 is 0 Å². The highest BCUT2D eigenvalue weighted by Gasteiger charge is 1.98. The predicted molar refractivity (Wildman–Crippen MR) is 58.4 cm³/mol. The van der Waals surface area contributed by atoms with Crippen molar-refractivity contribution in [2.75, 3.05) is 7.11 Å². The lowest BCUT2D eigenvalue weighted by molar-refractivity contribution is 0.414. The molecular weight excluding hydrogens is 319 g/mol. The Morgan fingerprint density at radius 3 is 2.82 bits per heavy atom. The first kappa shape index (κ1) is 9.32. The van der Waals surface area contributed by atoms with Crippen molar-refractivity contribution in [1.82, 2.24) is 0 Å². The van der Waals surface area contributed by atoms with Crippen molar-refractivity contribution in [3.05, 3.63) is 28.2 Å². The highest BCUT2D eigenvalue weighted by atomic mass is 127. The van der Waals surface area contributed by atoms with Gasteiger partial charge in [-0.1, -0.05) is 38.5 Å². The van der Waals surface area contributed by atoms with Gasteiger partial charge in [-0.15, -0.1) is 0 Å². The van der Waals surface area contributed by atoms with E-state index >= 15 is 0 Å². The minimum atomic E-state index is 0.917. The molecule has 0 radical (unpaired) electrons. The summed E-state index contributed by atoms with van der Waals surface area (Å²) in [4.78, 5) is 0. The number of methoxy groups -OCH3 is 1. The van der Waals surface area contributed by atoms with E-state index in [4.69, 9.17) is 4.74 Å². The van der Waals surface area contributed by atoms with Crippen molar-refractivity contribution < 1.29 is 4.74 Å². The highest BCUT2D eigenvalue weighted by molar-refractivity contribution is 14.1. The van der Waals surface area contributed by atoms with Crippen LogP contribution < -0.4 is 4.74 Å². The van der Waals surface area contributed by atoms with Crippen LogP contribution >= 0.6 is 38.5 Å². The van der Waals surface area contributed by atoms with E-state index in [1.165, 1.54) is 5.56 Å². The monoisotopic (exact) mass is 326 g/mol. The van der Waals surface area contributed by atoms with Gasteiger partial charge in [0.2, 0.25) is 0 Å². The molecule has 0 unspecified atom stereocenters. The number of rotatable bonds is 2. The molecule has 1 aromatic rings. The zero-order valence-corrected chi connectivity index (χ0v) is 9.85. The quantitative estimate of drug-likeness (QED) is 0.598. The molecule has 0 spiro atoms. The molecule has 1 aromatic carbocycles. The summed E-state index contributed by atoms with van der Waals surface area (Å²) in [6, 6.07) is 5.99. The van der Waals surface area contributed by atoms with E-state index in [2.05, 4.69) is 38.5 Å². The molecule has 0 bridgehead atoms. The van der Waals surface area contributed by atoms with Gasteiger partial charge in [0.25, 0.3) is 0 Å². The lowest BCUT2D eigenvalue weighted by Gasteiger charge is -2.03. The maximum absolute atomic E-state index is 5.09. The molecule has 1 nitrogen and oxygen atoms in total. The van der Waals surface area contributed by atoms with Crippen LogP contribution in [0.1, 0.15) is 5.56 Å². The van der Waals surface area contributed by atoms with Gasteiger partial charge in [-0.2, -0.15) is 0 Å². The minimum Gasteiger partial charge on any atom is -0.497 e. The Bertz CT molecular complexity index is 250. The summed E-state index contributed by atoms with van der Waals surface area (Å²) in [6.45, 7) is 0. The largest absolute Gasteiger partial charge is 0.497 e. The van der Waals surface area contributed by atoms with Gasteiger partial charge in [0, 0.05) is 8.90 Å². The molecule has 0 aliphatic heterocycles. The summed E-state index contributed by atoms with van der Waals surface area (Å²) in [7, 11) is 1.68. The Morgan fingerprint density at radius 2 is 2.27 bits per heavy atom. The number of ether oxygens (including phenoxy) is 1. The summed E-state index contributed by atoms with van der Waals surface area (Å²) in [5.41, 5.74) is 1.27. The first-order valence-corrected chi connectivity index (χ1v) is 5.48. The third kappa shape index (κ3) is 2.33. The zero-order chi connectivity index (χ0) is 8.27. The van der Waals surface area contributed by atoms with Crippen LogP contribution in [-0.4, -0.2) is 7.11 Å². The van der Waals surface area contributed by atoms with Crippen molar-refractivity contribution in [3.8, 4) is 5.75 Å². The van der Waals surface area contributed by atoms with Crippen molar-refractivity contribution in [1.29, 1.82) is 0 Å². The normalized spacial score (nSPS) is 9.73. The zero-order valence-electron chi connectivity index (χ0n) is 6.10. The summed E-state index contributed by atoms with van der Waals surface area (Å²) in [5.74, 6) is 0.917. The second kappa shape index (κ2) is 4.30. The van der Waals surface area contributed by atoms with Gasteiger partial charge < -0.3 is 4.74 Å².